The number of benzene rings is 2. The Morgan fingerprint density at radius 2 is 1.79 bits per heavy atom. The number of methoxy groups -OCH3 is 1. The van der Waals surface area contributed by atoms with Crippen molar-refractivity contribution in [3.05, 3.63) is 48.3 Å². The number of sulfonamides is 1. The van der Waals surface area contributed by atoms with E-state index in [0.717, 1.165) is 30.5 Å². The minimum absolute atomic E-state index is 0.0861. The van der Waals surface area contributed by atoms with E-state index in [1.165, 1.54) is 53.9 Å². The molecule has 1 N–H and O–H groups in total. The van der Waals surface area contributed by atoms with Crippen molar-refractivity contribution in [2.75, 3.05) is 25.5 Å². The summed E-state index contributed by atoms with van der Waals surface area (Å²) in [4.78, 5) is 13.8. The van der Waals surface area contributed by atoms with Gasteiger partial charge in [0.2, 0.25) is 21.8 Å². The molecule has 0 radical (unpaired) electrons. The van der Waals surface area contributed by atoms with E-state index in [2.05, 4.69) is 20.7 Å². The SMILES string of the molecule is COc1ccc(S(=O)(=O)N2CCCCCC2)cc1NC(=O)Cn1nnc(-c2ccc(F)cc2)n1. The lowest BCUT2D eigenvalue weighted by molar-refractivity contribution is -0.117. The quantitative estimate of drug-likeness (QED) is 0.543. The van der Waals surface area contributed by atoms with Crippen molar-refractivity contribution < 1.29 is 22.3 Å². The van der Waals surface area contributed by atoms with Gasteiger partial charge in [-0.3, -0.25) is 4.79 Å². The van der Waals surface area contributed by atoms with Gasteiger partial charge in [-0.1, -0.05) is 12.8 Å². The number of rotatable bonds is 7. The van der Waals surface area contributed by atoms with Gasteiger partial charge in [-0.15, -0.1) is 10.2 Å². The van der Waals surface area contributed by atoms with Gasteiger partial charge in [-0.25, -0.2) is 12.8 Å². The van der Waals surface area contributed by atoms with E-state index in [1.807, 2.05) is 0 Å². The number of aromatic nitrogens is 4. The fraction of sp³-hybridized carbons (Fsp3) is 0.364. The smallest absolute Gasteiger partial charge is 0.248 e. The molecule has 1 amide bonds. The van der Waals surface area contributed by atoms with Crippen LogP contribution in [0, 0.1) is 5.82 Å². The second kappa shape index (κ2) is 10.3. The van der Waals surface area contributed by atoms with Crippen molar-refractivity contribution in [3.63, 3.8) is 0 Å². The predicted octanol–water partition coefficient (Wildman–Crippen LogP) is 2.69. The molecule has 180 valence electrons. The summed E-state index contributed by atoms with van der Waals surface area (Å²) in [5.41, 5.74) is 0.781. The fourth-order valence-corrected chi connectivity index (χ4v) is 5.26. The molecule has 34 heavy (non-hydrogen) atoms. The third kappa shape index (κ3) is 5.39. The van der Waals surface area contributed by atoms with Crippen molar-refractivity contribution in [1.82, 2.24) is 24.5 Å². The lowest BCUT2D eigenvalue weighted by Gasteiger charge is -2.21. The third-order valence-electron chi connectivity index (χ3n) is 5.49. The van der Waals surface area contributed by atoms with Crippen LogP contribution in [-0.2, 0) is 21.4 Å². The number of ether oxygens (including phenoxy) is 1. The van der Waals surface area contributed by atoms with E-state index in [0.29, 0.717) is 24.4 Å². The lowest BCUT2D eigenvalue weighted by Crippen LogP contribution is -2.32. The minimum Gasteiger partial charge on any atom is -0.495 e. The van der Waals surface area contributed by atoms with Gasteiger partial charge < -0.3 is 10.1 Å². The minimum atomic E-state index is -3.70. The van der Waals surface area contributed by atoms with Crippen LogP contribution in [0.1, 0.15) is 25.7 Å². The number of anilines is 1. The van der Waals surface area contributed by atoms with Gasteiger partial charge in [0.25, 0.3) is 0 Å². The number of hydrogen-bond acceptors (Lipinski definition) is 7. The highest BCUT2D eigenvalue weighted by Gasteiger charge is 2.26. The van der Waals surface area contributed by atoms with Crippen molar-refractivity contribution in [1.29, 1.82) is 0 Å². The first-order chi connectivity index (χ1) is 16.4. The maximum absolute atomic E-state index is 13.1. The first-order valence-corrected chi connectivity index (χ1v) is 12.3. The molecule has 1 aromatic heterocycles. The first-order valence-electron chi connectivity index (χ1n) is 10.9. The van der Waals surface area contributed by atoms with Crippen LogP contribution < -0.4 is 10.1 Å². The Hall–Kier alpha value is -3.38. The Bertz CT molecular complexity index is 1250. The topological polar surface area (TPSA) is 119 Å². The molecule has 12 heteroatoms. The van der Waals surface area contributed by atoms with Gasteiger partial charge in [0.15, 0.2) is 0 Å². The number of tetrazole rings is 1. The monoisotopic (exact) mass is 488 g/mol. The molecule has 1 saturated heterocycles. The van der Waals surface area contributed by atoms with Crippen molar-refractivity contribution >= 4 is 21.6 Å². The Morgan fingerprint density at radius 3 is 2.47 bits per heavy atom. The maximum Gasteiger partial charge on any atom is 0.248 e. The number of halogens is 1. The zero-order chi connectivity index (χ0) is 24.1. The second-order valence-corrected chi connectivity index (χ2v) is 9.82. The Balaban J connectivity index is 1.49. The summed E-state index contributed by atoms with van der Waals surface area (Å²) in [6.45, 7) is 0.690. The second-order valence-electron chi connectivity index (χ2n) is 7.88. The molecular weight excluding hydrogens is 463 g/mol. The molecule has 0 saturated carbocycles. The van der Waals surface area contributed by atoms with Crippen LogP contribution in [0.4, 0.5) is 10.1 Å². The van der Waals surface area contributed by atoms with E-state index < -0.39 is 15.9 Å². The molecule has 1 aliphatic rings. The van der Waals surface area contributed by atoms with E-state index in [9.17, 15) is 17.6 Å². The Morgan fingerprint density at radius 1 is 1.09 bits per heavy atom. The number of carbonyl (C=O) groups is 1. The molecule has 2 aromatic carbocycles. The summed E-state index contributed by atoms with van der Waals surface area (Å²) in [7, 11) is -2.27. The molecule has 0 unspecified atom stereocenters. The summed E-state index contributed by atoms with van der Waals surface area (Å²) < 4.78 is 46.2. The van der Waals surface area contributed by atoms with E-state index >= 15 is 0 Å². The van der Waals surface area contributed by atoms with Gasteiger partial charge in [-0.2, -0.15) is 9.10 Å². The molecule has 2 heterocycles. The van der Waals surface area contributed by atoms with E-state index in [-0.39, 0.29) is 28.8 Å². The Labute approximate surface area is 196 Å². The molecule has 0 spiro atoms. The number of nitrogens with zero attached hydrogens (tertiary/aromatic N) is 5. The zero-order valence-corrected chi connectivity index (χ0v) is 19.5. The van der Waals surface area contributed by atoms with Gasteiger partial charge >= 0.3 is 0 Å². The molecule has 4 rings (SSSR count). The molecular formula is C22H25FN6O4S. The van der Waals surface area contributed by atoms with E-state index in [4.69, 9.17) is 4.74 Å². The summed E-state index contributed by atoms with van der Waals surface area (Å²) >= 11 is 0. The number of amides is 1. The standard InChI is InChI=1S/C22H25FN6O4S/c1-33-20-11-10-18(34(31,32)28-12-4-2-3-5-13-28)14-19(20)24-21(30)15-29-26-22(25-27-29)16-6-8-17(23)9-7-16/h6-11,14H,2-5,12-13,15H2,1H3,(H,24,30). The maximum atomic E-state index is 13.1. The molecule has 10 nitrogen and oxygen atoms in total. The molecule has 1 fully saturated rings. The highest BCUT2D eigenvalue weighted by atomic mass is 32.2. The lowest BCUT2D eigenvalue weighted by atomic mass is 10.2. The highest BCUT2D eigenvalue weighted by Crippen LogP contribution is 2.30. The Kier molecular flexibility index (Phi) is 7.17. The average molecular weight is 489 g/mol. The van der Waals surface area contributed by atoms with Gasteiger partial charge in [0, 0.05) is 18.7 Å². The van der Waals surface area contributed by atoms with Crippen LogP contribution in [-0.4, -0.2) is 59.0 Å². The van der Waals surface area contributed by atoms with Crippen LogP contribution in [0.5, 0.6) is 5.75 Å². The summed E-state index contributed by atoms with van der Waals surface area (Å²) in [5, 5.41) is 14.5. The van der Waals surface area contributed by atoms with Crippen LogP contribution in [0.3, 0.4) is 0 Å². The van der Waals surface area contributed by atoms with Crippen LogP contribution in [0.25, 0.3) is 11.4 Å². The summed E-state index contributed by atoms with van der Waals surface area (Å²) in [6, 6.07) is 9.97. The number of carbonyl (C=O) groups excluding carboxylic acids is 1. The van der Waals surface area contributed by atoms with Crippen LogP contribution in [0.2, 0.25) is 0 Å². The van der Waals surface area contributed by atoms with Crippen molar-refractivity contribution in [3.8, 4) is 17.1 Å². The molecule has 3 aromatic rings. The normalized spacial score (nSPS) is 15.0. The van der Waals surface area contributed by atoms with Gasteiger partial charge in [0.1, 0.15) is 18.1 Å². The largest absolute Gasteiger partial charge is 0.495 e. The summed E-state index contributed by atoms with van der Waals surface area (Å²) in [6.07, 6.45) is 3.66. The summed E-state index contributed by atoms with van der Waals surface area (Å²) in [5.74, 6) is -0.312. The highest BCUT2D eigenvalue weighted by molar-refractivity contribution is 7.89. The number of nitrogens with one attached hydrogen (secondary N) is 1. The van der Waals surface area contributed by atoms with Gasteiger partial charge in [0.05, 0.1) is 17.7 Å². The zero-order valence-electron chi connectivity index (χ0n) is 18.6. The molecule has 0 aliphatic carbocycles. The fourth-order valence-electron chi connectivity index (χ4n) is 3.72. The third-order valence-corrected chi connectivity index (χ3v) is 7.38. The average Bonchev–Trinajstić information content (AvgIpc) is 3.10. The molecule has 0 bridgehead atoms. The van der Waals surface area contributed by atoms with Crippen molar-refractivity contribution in [2.24, 2.45) is 0 Å². The predicted molar refractivity (Wildman–Crippen MR) is 122 cm³/mol. The van der Waals surface area contributed by atoms with Crippen LogP contribution in [0.15, 0.2) is 47.4 Å². The molecule has 0 atom stereocenters. The molecule has 1 aliphatic heterocycles. The first kappa shape index (κ1) is 23.8. The van der Waals surface area contributed by atoms with Crippen LogP contribution >= 0.6 is 0 Å². The van der Waals surface area contributed by atoms with Crippen molar-refractivity contribution in [2.45, 2.75) is 37.1 Å². The number of hydrogen-bond donors (Lipinski definition) is 1. The van der Waals surface area contributed by atoms with E-state index in [1.54, 1.807) is 0 Å². The van der Waals surface area contributed by atoms with Gasteiger partial charge in [-0.05, 0) is 60.5 Å².